The van der Waals surface area contributed by atoms with Gasteiger partial charge in [-0.05, 0) is 72.9 Å². The summed E-state index contributed by atoms with van der Waals surface area (Å²) in [6, 6.07) is 6.93. The maximum absolute atomic E-state index is 13.2. The third-order valence-electron chi connectivity index (χ3n) is 5.77. The molecule has 2 aromatic rings. The molecule has 0 amide bonds. The minimum Gasteiger partial charge on any atom is -0.288 e. The van der Waals surface area contributed by atoms with Crippen molar-refractivity contribution in [3.05, 3.63) is 66.6 Å². The van der Waals surface area contributed by atoms with Gasteiger partial charge >= 0.3 is 0 Å². The van der Waals surface area contributed by atoms with Crippen LogP contribution in [0.4, 0.5) is 0 Å². The molecule has 0 aliphatic heterocycles. The van der Waals surface area contributed by atoms with Crippen LogP contribution < -0.4 is 0 Å². The number of hydrogen-bond donors (Lipinski definition) is 0. The van der Waals surface area contributed by atoms with E-state index in [9.17, 15) is 4.79 Å². The van der Waals surface area contributed by atoms with Crippen LogP contribution in [0.1, 0.15) is 77.4 Å². The summed E-state index contributed by atoms with van der Waals surface area (Å²) in [4.78, 5) is 13.2. The van der Waals surface area contributed by atoms with Crippen LogP contribution in [0.25, 0.3) is 0 Å². The van der Waals surface area contributed by atoms with Crippen LogP contribution in [0.5, 0.6) is 0 Å². The molecule has 0 unspecified atom stereocenters. The standard InChI is InChI=1S/C21H18Cl4O/c22-15-9-7-13(19(24)17(15)11-3-1-4-11)21(26)14-8-10-16(23)18(20(14)25)12-5-2-6-12/h7-12H,1-6H2. The third-order valence-corrected chi connectivity index (χ3v) is 7.24. The molecule has 26 heavy (non-hydrogen) atoms. The second kappa shape index (κ2) is 7.36. The van der Waals surface area contributed by atoms with Gasteiger partial charge in [-0.1, -0.05) is 59.2 Å². The lowest BCUT2D eigenvalue weighted by Gasteiger charge is -2.29. The maximum Gasteiger partial charge on any atom is 0.196 e. The summed E-state index contributed by atoms with van der Waals surface area (Å²) in [5, 5.41) is 2.19. The molecule has 2 saturated carbocycles. The maximum atomic E-state index is 13.2. The molecule has 0 aromatic heterocycles. The highest BCUT2D eigenvalue weighted by molar-refractivity contribution is 6.41. The Morgan fingerprint density at radius 1 is 0.692 bits per heavy atom. The average molecular weight is 428 g/mol. The second-order valence-corrected chi connectivity index (χ2v) is 8.80. The van der Waals surface area contributed by atoms with Crippen molar-refractivity contribution in [1.82, 2.24) is 0 Å². The van der Waals surface area contributed by atoms with E-state index < -0.39 is 0 Å². The van der Waals surface area contributed by atoms with E-state index in [1.165, 1.54) is 12.8 Å². The molecule has 0 spiro atoms. The first-order chi connectivity index (χ1) is 12.5. The molecule has 2 aliphatic carbocycles. The Morgan fingerprint density at radius 2 is 1.08 bits per heavy atom. The Bertz CT molecular complexity index is 811. The lowest BCUT2D eigenvalue weighted by Crippen LogP contribution is -2.14. The van der Waals surface area contributed by atoms with Gasteiger partial charge in [0.15, 0.2) is 5.78 Å². The van der Waals surface area contributed by atoms with Crippen LogP contribution in [0.3, 0.4) is 0 Å². The Morgan fingerprint density at radius 3 is 1.38 bits per heavy atom. The lowest BCUT2D eigenvalue weighted by atomic mass is 9.78. The topological polar surface area (TPSA) is 17.1 Å². The van der Waals surface area contributed by atoms with Crippen molar-refractivity contribution in [2.24, 2.45) is 0 Å². The first-order valence-electron chi connectivity index (χ1n) is 8.99. The highest BCUT2D eigenvalue weighted by Crippen LogP contribution is 2.46. The SMILES string of the molecule is O=C(c1ccc(Cl)c(C2CCC2)c1Cl)c1ccc(Cl)c(C2CCC2)c1Cl. The highest BCUT2D eigenvalue weighted by Gasteiger charge is 2.30. The zero-order chi connectivity index (χ0) is 18.4. The number of ketones is 1. The second-order valence-electron chi connectivity index (χ2n) is 7.23. The largest absolute Gasteiger partial charge is 0.288 e. The molecule has 0 N–H and O–H groups in total. The summed E-state index contributed by atoms with van der Waals surface area (Å²) in [7, 11) is 0. The first-order valence-corrected chi connectivity index (χ1v) is 10.5. The van der Waals surface area contributed by atoms with E-state index in [1.54, 1.807) is 24.3 Å². The van der Waals surface area contributed by atoms with Crippen molar-refractivity contribution >= 4 is 52.2 Å². The van der Waals surface area contributed by atoms with E-state index in [-0.39, 0.29) is 5.78 Å². The summed E-state index contributed by atoms with van der Waals surface area (Å²) in [6.45, 7) is 0. The molecule has 2 fully saturated rings. The van der Waals surface area contributed by atoms with Crippen LogP contribution in [0.15, 0.2) is 24.3 Å². The van der Waals surface area contributed by atoms with E-state index in [2.05, 4.69) is 0 Å². The lowest BCUT2D eigenvalue weighted by molar-refractivity contribution is 0.103. The van der Waals surface area contributed by atoms with Crippen molar-refractivity contribution in [2.75, 3.05) is 0 Å². The van der Waals surface area contributed by atoms with Gasteiger partial charge in [0.25, 0.3) is 0 Å². The molecule has 0 saturated heterocycles. The highest BCUT2D eigenvalue weighted by atomic mass is 35.5. The minimum atomic E-state index is -0.172. The van der Waals surface area contributed by atoms with Crippen LogP contribution in [0, 0.1) is 0 Å². The summed E-state index contributed by atoms with van der Waals surface area (Å²) < 4.78 is 0. The van der Waals surface area contributed by atoms with Gasteiger partial charge in [0.1, 0.15) is 0 Å². The Balaban J connectivity index is 1.77. The van der Waals surface area contributed by atoms with Crippen molar-refractivity contribution in [3.8, 4) is 0 Å². The number of benzene rings is 2. The number of carbonyl (C=O) groups excluding carboxylic acids is 1. The Hall–Kier alpha value is -0.730. The predicted octanol–water partition coefficient (Wildman–Crippen LogP) is 8.07. The van der Waals surface area contributed by atoms with Gasteiger partial charge in [0, 0.05) is 21.2 Å². The van der Waals surface area contributed by atoms with Gasteiger partial charge in [0.05, 0.1) is 10.0 Å². The van der Waals surface area contributed by atoms with E-state index in [1.807, 2.05) is 0 Å². The summed E-state index contributed by atoms with van der Waals surface area (Å²) in [6.07, 6.45) is 6.58. The molecule has 2 aliphatic rings. The van der Waals surface area contributed by atoms with Crippen LogP contribution in [0.2, 0.25) is 20.1 Å². The predicted molar refractivity (Wildman–Crippen MR) is 110 cm³/mol. The van der Waals surface area contributed by atoms with Crippen molar-refractivity contribution in [1.29, 1.82) is 0 Å². The number of halogens is 4. The molecule has 0 heterocycles. The zero-order valence-electron chi connectivity index (χ0n) is 14.1. The van der Waals surface area contributed by atoms with Gasteiger partial charge in [0.2, 0.25) is 0 Å². The fraction of sp³-hybridized carbons (Fsp3) is 0.381. The van der Waals surface area contributed by atoms with E-state index in [0.29, 0.717) is 43.1 Å². The van der Waals surface area contributed by atoms with Gasteiger partial charge in [-0.3, -0.25) is 4.79 Å². The van der Waals surface area contributed by atoms with E-state index in [4.69, 9.17) is 46.4 Å². The summed E-state index contributed by atoms with van der Waals surface area (Å²) >= 11 is 26.0. The minimum absolute atomic E-state index is 0.172. The van der Waals surface area contributed by atoms with Crippen molar-refractivity contribution in [3.63, 3.8) is 0 Å². The number of hydrogen-bond acceptors (Lipinski definition) is 1. The van der Waals surface area contributed by atoms with Gasteiger partial charge in [-0.25, -0.2) is 0 Å². The zero-order valence-corrected chi connectivity index (χ0v) is 17.2. The van der Waals surface area contributed by atoms with Crippen LogP contribution in [-0.2, 0) is 0 Å². The molecule has 136 valence electrons. The molecule has 0 radical (unpaired) electrons. The molecule has 2 aromatic carbocycles. The smallest absolute Gasteiger partial charge is 0.196 e. The van der Waals surface area contributed by atoms with Gasteiger partial charge < -0.3 is 0 Å². The van der Waals surface area contributed by atoms with Gasteiger partial charge in [-0.15, -0.1) is 0 Å². The fourth-order valence-corrected chi connectivity index (χ4v) is 5.31. The van der Waals surface area contributed by atoms with Crippen LogP contribution >= 0.6 is 46.4 Å². The third kappa shape index (κ3) is 3.07. The van der Waals surface area contributed by atoms with E-state index >= 15 is 0 Å². The molecular formula is C21H18Cl4O. The van der Waals surface area contributed by atoms with E-state index in [0.717, 1.165) is 36.8 Å². The molecule has 5 heteroatoms. The Labute approximate surface area is 173 Å². The first kappa shape index (κ1) is 18.6. The summed E-state index contributed by atoms with van der Waals surface area (Å²) in [5.41, 5.74) is 2.72. The number of carbonyl (C=O) groups is 1. The molecule has 4 rings (SSSR count). The molecule has 0 atom stereocenters. The normalized spacial score (nSPS) is 17.7. The fourth-order valence-electron chi connectivity index (χ4n) is 3.78. The monoisotopic (exact) mass is 426 g/mol. The van der Waals surface area contributed by atoms with Crippen LogP contribution in [-0.4, -0.2) is 5.78 Å². The number of rotatable bonds is 4. The molecule has 0 bridgehead atoms. The Kier molecular flexibility index (Phi) is 5.27. The molecular weight excluding hydrogens is 410 g/mol. The average Bonchev–Trinajstić information content (AvgIpc) is 2.51. The summed E-state index contributed by atoms with van der Waals surface area (Å²) in [5.74, 6) is 0.512. The van der Waals surface area contributed by atoms with Gasteiger partial charge in [-0.2, -0.15) is 0 Å². The quantitative estimate of drug-likeness (QED) is 0.450. The van der Waals surface area contributed by atoms with Crippen molar-refractivity contribution < 1.29 is 4.79 Å². The van der Waals surface area contributed by atoms with Crippen molar-refractivity contribution in [2.45, 2.75) is 50.4 Å². The molecule has 1 nitrogen and oxygen atoms in total.